The Kier molecular flexibility index (Phi) is 3.79. The highest BCUT2D eigenvalue weighted by molar-refractivity contribution is 5.94. The van der Waals surface area contributed by atoms with Crippen LogP contribution >= 0.6 is 0 Å². The van der Waals surface area contributed by atoms with Gasteiger partial charge >= 0.3 is 5.97 Å². The number of carbonyl (C=O) groups excluding carboxylic acids is 1. The van der Waals surface area contributed by atoms with Crippen LogP contribution in [0.1, 0.15) is 39.0 Å². The van der Waals surface area contributed by atoms with Gasteiger partial charge in [-0.15, -0.1) is 0 Å². The third-order valence-electron chi connectivity index (χ3n) is 7.82. The van der Waals surface area contributed by atoms with Gasteiger partial charge in [0.1, 0.15) is 6.29 Å². The highest BCUT2D eigenvalue weighted by atomic mass is 16.4. The van der Waals surface area contributed by atoms with Gasteiger partial charge in [0.25, 0.3) is 0 Å². The molecule has 4 rings (SSSR count). The first-order valence-electron chi connectivity index (χ1n) is 9.49. The van der Waals surface area contributed by atoms with Crippen LogP contribution in [-0.4, -0.2) is 41.8 Å². The van der Waals surface area contributed by atoms with Gasteiger partial charge in [-0.2, -0.15) is 0 Å². The Bertz CT molecular complexity index is 755. The molecule has 6 heteroatoms. The maximum atomic E-state index is 12.0. The summed E-state index contributed by atoms with van der Waals surface area (Å²) in [6, 6.07) is 0. The van der Waals surface area contributed by atoms with Crippen molar-refractivity contribution in [3.8, 4) is 0 Å². The molecule has 4 aliphatic rings. The van der Waals surface area contributed by atoms with Crippen LogP contribution in [0, 0.1) is 28.6 Å². The maximum Gasteiger partial charge on any atom is 0.332 e. The molecule has 2 spiro atoms. The van der Waals surface area contributed by atoms with Crippen molar-refractivity contribution in [2.45, 2.75) is 39.0 Å². The number of aliphatic imine (C=N–C) groups is 1. The fourth-order valence-electron chi connectivity index (χ4n) is 6.82. The van der Waals surface area contributed by atoms with Gasteiger partial charge in [-0.05, 0) is 43.9 Å². The summed E-state index contributed by atoms with van der Waals surface area (Å²) in [5, 5.41) is 9.85. The van der Waals surface area contributed by atoms with Crippen molar-refractivity contribution in [1.29, 1.82) is 0 Å². The first kappa shape index (κ1) is 17.3. The van der Waals surface area contributed by atoms with E-state index in [0.717, 1.165) is 44.1 Å². The van der Waals surface area contributed by atoms with E-state index < -0.39 is 11.9 Å². The molecule has 0 saturated heterocycles. The van der Waals surface area contributed by atoms with Crippen LogP contribution in [0.4, 0.5) is 0 Å². The molecule has 0 amide bonds. The molecule has 2 bridgehead atoms. The van der Waals surface area contributed by atoms with Crippen molar-refractivity contribution in [2.24, 2.45) is 39.3 Å². The standard InChI is InChI=1S/C20H27N3O3/c1-12-4-5-14-8-15-16(17(25)26)13(10-24)9-20(12,15)19(14)6-3-7-23(11-19)18(21)22-2/h3,7,10,12-14H,4-6,8-9,11H2,1-2H3,(H2,21,22)(H,25,26)/t12-,13-,14-,19-,20+/m1/s1. The maximum absolute atomic E-state index is 12.0. The Hall–Kier alpha value is -2.11. The number of rotatable bonds is 2. The molecular weight excluding hydrogens is 330 g/mol. The smallest absolute Gasteiger partial charge is 0.332 e. The third kappa shape index (κ3) is 1.90. The molecule has 0 unspecified atom stereocenters. The zero-order valence-corrected chi connectivity index (χ0v) is 15.4. The largest absolute Gasteiger partial charge is 0.478 e. The second-order valence-electron chi connectivity index (χ2n) is 8.45. The number of carboxylic acids is 1. The number of hydrogen-bond acceptors (Lipinski definition) is 3. The minimum Gasteiger partial charge on any atom is -0.478 e. The van der Waals surface area contributed by atoms with E-state index in [4.69, 9.17) is 5.73 Å². The summed E-state index contributed by atoms with van der Waals surface area (Å²) in [6.45, 7) is 3.00. The van der Waals surface area contributed by atoms with Gasteiger partial charge in [0.05, 0.1) is 0 Å². The molecular formula is C20H27N3O3. The van der Waals surface area contributed by atoms with Gasteiger partial charge in [0.15, 0.2) is 5.96 Å². The first-order valence-corrected chi connectivity index (χ1v) is 9.49. The number of aliphatic carboxylic acids is 1. The van der Waals surface area contributed by atoms with Crippen LogP contribution in [-0.2, 0) is 9.59 Å². The van der Waals surface area contributed by atoms with Crippen LogP contribution in [0.2, 0.25) is 0 Å². The molecule has 2 fully saturated rings. The second-order valence-corrected chi connectivity index (χ2v) is 8.45. The van der Waals surface area contributed by atoms with Crippen LogP contribution in [0.25, 0.3) is 0 Å². The van der Waals surface area contributed by atoms with Crippen molar-refractivity contribution < 1.29 is 14.7 Å². The van der Waals surface area contributed by atoms with E-state index >= 15 is 0 Å². The number of nitrogens with zero attached hydrogens (tertiary/aromatic N) is 2. The van der Waals surface area contributed by atoms with Crippen molar-refractivity contribution in [1.82, 2.24) is 4.90 Å². The molecule has 3 N–H and O–H groups in total. The van der Waals surface area contributed by atoms with E-state index in [1.165, 1.54) is 0 Å². The summed E-state index contributed by atoms with van der Waals surface area (Å²) < 4.78 is 0. The lowest BCUT2D eigenvalue weighted by molar-refractivity contribution is -0.134. The van der Waals surface area contributed by atoms with Crippen LogP contribution in [0.5, 0.6) is 0 Å². The Morgan fingerprint density at radius 3 is 2.88 bits per heavy atom. The number of carbonyl (C=O) groups is 2. The van der Waals surface area contributed by atoms with Gasteiger partial charge in [-0.25, -0.2) is 4.79 Å². The van der Waals surface area contributed by atoms with E-state index in [1.54, 1.807) is 7.05 Å². The fraction of sp³-hybridized carbons (Fsp3) is 0.650. The van der Waals surface area contributed by atoms with E-state index in [-0.39, 0.29) is 10.8 Å². The molecule has 5 atom stereocenters. The summed E-state index contributed by atoms with van der Waals surface area (Å²) in [5.74, 6) is -0.112. The molecule has 2 saturated carbocycles. The quantitative estimate of drug-likeness (QED) is 0.449. The molecule has 6 nitrogen and oxygen atoms in total. The summed E-state index contributed by atoms with van der Waals surface area (Å²) in [4.78, 5) is 29.9. The Morgan fingerprint density at radius 1 is 1.46 bits per heavy atom. The SMILES string of the molecule is CN=C(N)N1C=CC[C@@]2(C1)[C@@H]1CC[C@@H](C)[C@]23C[C@H](C=O)C(C(=O)O)=C3C1. The summed E-state index contributed by atoms with van der Waals surface area (Å²) >= 11 is 0. The van der Waals surface area contributed by atoms with E-state index in [1.807, 2.05) is 11.1 Å². The summed E-state index contributed by atoms with van der Waals surface area (Å²) in [6.07, 6.45) is 9.56. The van der Waals surface area contributed by atoms with E-state index in [9.17, 15) is 14.7 Å². The fourth-order valence-corrected chi connectivity index (χ4v) is 6.82. The lowest BCUT2D eigenvalue weighted by atomic mass is 9.49. The van der Waals surface area contributed by atoms with Gasteiger partial charge in [0.2, 0.25) is 0 Å². The Balaban J connectivity index is 1.89. The molecule has 0 aromatic heterocycles. The van der Waals surface area contributed by atoms with Crippen LogP contribution < -0.4 is 5.73 Å². The molecule has 0 radical (unpaired) electrons. The minimum absolute atomic E-state index is 0.0669. The van der Waals surface area contributed by atoms with Crippen molar-refractivity contribution in [2.75, 3.05) is 13.6 Å². The molecule has 140 valence electrons. The molecule has 1 heterocycles. The third-order valence-corrected chi connectivity index (χ3v) is 7.82. The topological polar surface area (TPSA) is 96.0 Å². The van der Waals surface area contributed by atoms with Crippen molar-refractivity contribution in [3.05, 3.63) is 23.4 Å². The van der Waals surface area contributed by atoms with Gasteiger partial charge in [0, 0.05) is 42.1 Å². The van der Waals surface area contributed by atoms with Crippen molar-refractivity contribution >= 4 is 18.2 Å². The normalized spacial score (nSPS) is 41.7. The van der Waals surface area contributed by atoms with E-state index in [0.29, 0.717) is 29.8 Å². The molecule has 26 heavy (non-hydrogen) atoms. The minimum atomic E-state index is -0.915. The molecule has 0 aromatic carbocycles. The number of nitrogens with two attached hydrogens (primary N) is 1. The number of guanidine groups is 1. The Labute approximate surface area is 153 Å². The molecule has 1 aliphatic heterocycles. The average Bonchev–Trinajstić information content (AvgIpc) is 3.04. The lowest BCUT2D eigenvalue weighted by Crippen LogP contribution is -2.56. The lowest BCUT2D eigenvalue weighted by Gasteiger charge is -2.57. The first-order chi connectivity index (χ1) is 12.4. The van der Waals surface area contributed by atoms with Crippen molar-refractivity contribution in [3.63, 3.8) is 0 Å². The monoisotopic (exact) mass is 357 g/mol. The number of allylic oxidation sites excluding steroid dienone is 2. The highest BCUT2D eigenvalue weighted by Crippen LogP contribution is 2.75. The van der Waals surface area contributed by atoms with Gasteiger partial charge in [-0.1, -0.05) is 18.6 Å². The Morgan fingerprint density at radius 2 is 2.23 bits per heavy atom. The number of aldehydes is 1. The van der Waals surface area contributed by atoms with E-state index in [2.05, 4.69) is 18.0 Å². The summed E-state index contributed by atoms with van der Waals surface area (Å²) in [5.41, 5.74) is 7.27. The molecule has 3 aliphatic carbocycles. The number of hydrogen-bond donors (Lipinski definition) is 2. The predicted octanol–water partition coefficient (Wildman–Crippen LogP) is 2.17. The second kappa shape index (κ2) is 5.69. The number of carboxylic acid groups (broad SMARTS) is 1. The molecule has 0 aromatic rings. The summed E-state index contributed by atoms with van der Waals surface area (Å²) in [7, 11) is 1.69. The zero-order chi connectivity index (χ0) is 18.7. The highest BCUT2D eigenvalue weighted by Gasteiger charge is 2.70. The van der Waals surface area contributed by atoms with Crippen LogP contribution in [0.3, 0.4) is 0 Å². The average molecular weight is 357 g/mol. The van der Waals surface area contributed by atoms with Crippen LogP contribution in [0.15, 0.2) is 28.4 Å². The van der Waals surface area contributed by atoms with Gasteiger partial charge < -0.3 is 20.5 Å². The van der Waals surface area contributed by atoms with Gasteiger partial charge in [-0.3, -0.25) is 4.99 Å². The zero-order valence-electron chi connectivity index (χ0n) is 15.4. The predicted molar refractivity (Wildman–Crippen MR) is 98.2 cm³/mol.